The van der Waals surface area contributed by atoms with E-state index in [0.717, 1.165) is 29.7 Å². The Kier molecular flexibility index (Phi) is 9.85. The lowest BCUT2D eigenvalue weighted by Crippen LogP contribution is -2.45. The summed E-state index contributed by atoms with van der Waals surface area (Å²) in [5.41, 5.74) is 2.25. The van der Waals surface area contributed by atoms with Gasteiger partial charge < -0.3 is 30.2 Å². The molecule has 0 bridgehead atoms. The number of guanidine groups is 1. The first-order chi connectivity index (χ1) is 13.8. The molecule has 29 heavy (non-hydrogen) atoms. The lowest BCUT2D eigenvalue weighted by atomic mass is 10.2. The molecule has 0 fully saturated rings. The molecule has 0 saturated carbocycles. The highest BCUT2D eigenvalue weighted by atomic mass is 127. The highest BCUT2D eigenvalue weighted by molar-refractivity contribution is 14.0. The van der Waals surface area contributed by atoms with E-state index < -0.39 is 0 Å². The summed E-state index contributed by atoms with van der Waals surface area (Å²) in [6.45, 7) is 3.28. The fourth-order valence-corrected chi connectivity index (χ4v) is 2.82. The number of rotatable bonds is 8. The lowest BCUT2D eigenvalue weighted by molar-refractivity contribution is 0.0936. The number of nitrogens with zero attached hydrogens (tertiary/aromatic N) is 1. The lowest BCUT2D eigenvalue weighted by Gasteiger charge is -2.27. The highest BCUT2D eigenvalue weighted by Crippen LogP contribution is 2.30. The van der Waals surface area contributed by atoms with Crippen molar-refractivity contribution in [2.45, 2.75) is 12.6 Å². The van der Waals surface area contributed by atoms with E-state index in [1.165, 1.54) is 5.56 Å². The third-order valence-corrected chi connectivity index (χ3v) is 4.34. The van der Waals surface area contributed by atoms with Gasteiger partial charge in [-0.15, -0.1) is 24.0 Å². The van der Waals surface area contributed by atoms with Gasteiger partial charge in [-0.3, -0.25) is 4.99 Å². The summed E-state index contributed by atoms with van der Waals surface area (Å²) in [6.07, 6.45) is -0.0640. The van der Waals surface area contributed by atoms with E-state index in [4.69, 9.17) is 14.2 Å². The number of methoxy groups -OCH3 is 1. The number of hydrogen-bond acceptors (Lipinski definition) is 5. The van der Waals surface area contributed by atoms with Crippen LogP contribution in [0.5, 0.6) is 11.5 Å². The van der Waals surface area contributed by atoms with Crippen LogP contribution in [0.2, 0.25) is 0 Å². The third kappa shape index (κ3) is 7.28. The summed E-state index contributed by atoms with van der Waals surface area (Å²) < 4.78 is 16.7. The van der Waals surface area contributed by atoms with Crippen molar-refractivity contribution >= 4 is 35.6 Å². The molecule has 0 amide bonds. The minimum absolute atomic E-state index is 0. The van der Waals surface area contributed by atoms with Gasteiger partial charge in [0.2, 0.25) is 0 Å². The van der Waals surface area contributed by atoms with Crippen molar-refractivity contribution < 1.29 is 14.2 Å². The minimum Gasteiger partial charge on any atom is -0.486 e. The van der Waals surface area contributed by atoms with E-state index in [1.54, 1.807) is 14.2 Å². The molecule has 1 atom stereocenters. The largest absolute Gasteiger partial charge is 0.486 e. The molecular weight excluding hydrogens is 483 g/mol. The summed E-state index contributed by atoms with van der Waals surface area (Å²) in [7, 11) is 3.45. The van der Waals surface area contributed by atoms with Gasteiger partial charge in [-0.25, -0.2) is 0 Å². The fraction of sp³-hybridized carbons (Fsp3) is 0.381. The van der Waals surface area contributed by atoms with Crippen LogP contribution in [0.1, 0.15) is 5.56 Å². The van der Waals surface area contributed by atoms with Gasteiger partial charge in [0.05, 0.1) is 13.2 Å². The Labute approximate surface area is 189 Å². The van der Waals surface area contributed by atoms with E-state index in [1.807, 2.05) is 24.3 Å². The molecule has 1 aliphatic rings. The number of fused-ring (bicyclic) bond motifs is 1. The number of hydrogen-bond donors (Lipinski definition) is 3. The number of nitrogens with one attached hydrogen (secondary N) is 3. The summed E-state index contributed by atoms with van der Waals surface area (Å²) in [6, 6.07) is 16.0. The van der Waals surface area contributed by atoms with Gasteiger partial charge in [0, 0.05) is 32.9 Å². The smallest absolute Gasteiger partial charge is 0.191 e. The second kappa shape index (κ2) is 12.4. The predicted molar refractivity (Wildman–Crippen MR) is 127 cm³/mol. The van der Waals surface area contributed by atoms with Crippen molar-refractivity contribution in [1.29, 1.82) is 0 Å². The number of para-hydroxylation sites is 2. The van der Waals surface area contributed by atoms with E-state index in [-0.39, 0.29) is 30.1 Å². The number of benzene rings is 2. The fourth-order valence-electron chi connectivity index (χ4n) is 2.82. The zero-order valence-corrected chi connectivity index (χ0v) is 19.1. The summed E-state index contributed by atoms with van der Waals surface area (Å²) in [5, 5.41) is 9.92. The molecule has 1 heterocycles. The predicted octanol–water partition coefficient (Wildman–Crippen LogP) is 2.87. The molecular formula is C21H29IN4O3. The zero-order valence-electron chi connectivity index (χ0n) is 16.8. The SMILES string of the molecule is CN=C(NCc1ccc(NCCOC)cc1)NCC1COc2ccccc2O1.I. The quantitative estimate of drug-likeness (QED) is 0.219. The molecule has 0 saturated heterocycles. The molecule has 0 radical (unpaired) electrons. The van der Waals surface area contributed by atoms with Crippen molar-refractivity contribution in [3.05, 3.63) is 54.1 Å². The maximum absolute atomic E-state index is 5.96. The summed E-state index contributed by atoms with van der Waals surface area (Å²) >= 11 is 0. The van der Waals surface area contributed by atoms with Gasteiger partial charge in [0.15, 0.2) is 17.5 Å². The van der Waals surface area contributed by atoms with Crippen LogP contribution in [0.25, 0.3) is 0 Å². The van der Waals surface area contributed by atoms with Gasteiger partial charge in [-0.1, -0.05) is 24.3 Å². The number of anilines is 1. The molecule has 7 nitrogen and oxygen atoms in total. The van der Waals surface area contributed by atoms with Gasteiger partial charge >= 0.3 is 0 Å². The Hall–Kier alpha value is -2.20. The molecule has 3 N–H and O–H groups in total. The van der Waals surface area contributed by atoms with Crippen LogP contribution < -0.4 is 25.4 Å². The maximum atomic E-state index is 5.96. The Bertz CT molecular complexity index is 771. The molecule has 2 aromatic carbocycles. The molecule has 2 aromatic rings. The number of ether oxygens (including phenoxy) is 3. The van der Waals surface area contributed by atoms with Crippen molar-refractivity contribution in [2.75, 3.05) is 45.8 Å². The van der Waals surface area contributed by atoms with E-state index in [2.05, 4.69) is 45.2 Å². The molecule has 0 aliphatic carbocycles. The Balaban J connectivity index is 0.00000300. The van der Waals surface area contributed by atoms with Crippen molar-refractivity contribution in [3.8, 4) is 11.5 Å². The normalized spacial score (nSPS) is 15.2. The summed E-state index contributed by atoms with van der Waals surface area (Å²) in [5.74, 6) is 2.30. The molecule has 3 rings (SSSR count). The monoisotopic (exact) mass is 512 g/mol. The van der Waals surface area contributed by atoms with Crippen LogP contribution in [0.3, 0.4) is 0 Å². The first-order valence-corrected chi connectivity index (χ1v) is 9.43. The van der Waals surface area contributed by atoms with Gasteiger partial charge in [0.1, 0.15) is 12.7 Å². The van der Waals surface area contributed by atoms with Gasteiger partial charge in [-0.05, 0) is 29.8 Å². The van der Waals surface area contributed by atoms with E-state index >= 15 is 0 Å². The van der Waals surface area contributed by atoms with E-state index in [0.29, 0.717) is 26.3 Å². The summed E-state index contributed by atoms with van der Waals surface area (Å²) in [4.78, 5) is 4.27. The molecule has 0 aromatic heterocycles. The molecule has 1 unspecified atom stereocenters. The third-order valence-electron chi connectivity index (χ3n) is 4.34. The maximum Gasteiger partial charge on any atom is 0.191 e. The first kappa shape index (κ1) is 23.1. The minimum atomic E-state index is -0.0640. The average Bonchev–Trinajstić information content (AvgIpc) is 2.75. The van der Waals surface area contributed by atoms with Gasteiger partial charge in [-0.2, -0.15) is 0 Å². The average molecular weight is 512 g/mol. The van der Waals surface area contributed by atoms with Crippen molar-refractivity contribution in [2.24, 2.45) is 4.99 Å². The topological polar surface area (TPSA) is 76.1 Å². The molecule has 1 aliphatic heterocycles. The van der Waals surface area contributed by atoms with E-state index in [9.17, 15) is 0 Å². The van der Waals surface area contributed by atoms with Crippen LogP contribution in [-0.2, 0) is 11.3 Å². The second-order valence-corrected chi connectivity index (χ2v) is 6.42. The zero-order chi connectivity index (χ0) is 19.6. The molecule has 8 heteroatoms. The second-order valence-electron chi connectivity index (χ2n) is 6.42. The van der Waals surface area contributed by atoms with Gasteiger partial charge in [0.25, 0.3) is 0 Å². The number of halogens is 1. The highest BCUT2D eigenvalue weighted by Gasteiger charge is 2.20. The van der Waals surface area contributed by atoms with Crippen molar-refractivity contribution in [3.63, 3.8) is 0 Å². The van der Waals surface area contributed by atoms with Crippen LogP contribution in [0.4, 0.5) is 5.69 Å². The first-order valence-electron chi connectivity index (χ1n) is 9.43. The standard InChI is InChI=1S/C21H28N4O3.HI/c1-22-21(24-13-16-7-9-17(10-8-16)23-11-12-26-2)25-14-18-15-27-19-5-3-4-6-20(19)28-18;/h3-10,18,23H,11-15H2,1-2H3,(H2,22,24,25);1H. The Morgan fingerprint density at radius 3 is 2.59 bits per heavy atom. The van der Waals surface area contributed by atoms with Crippen LogP contribution in [0.15, 0.2) is 53.5 Å². The number of aliphatic imine (C=N–C) groups is 1. The van der Waals surface area contributed by atoms with Crippen LogP contribution in [0, 0.1) is 0 Å². The van der Waals surface area contributed by atoms with Crippen molar-refractivity contribution in [1.82, 2.24) is 10.6 Å². The Morgan fingerprint density at radius 1 is 1.10 bits per heavy atom. The van der Waals surface area contributed by atoms with Crippen LogP contribution in [-0.4, -0.2) is 52.5 Å². The molecule has 158 valence electrons. The van der Waals surface area contributed by atoms with Crippen LogP contribution >= 0.6 is 24.0 Å². The Morgan fingerprint density at radius 2 is 1.86 bits per heavy atom. The molecule has 0 spiro atoms.